The van der Waals surface area contributed by atoms with Gasteiger partial charge in [-0.2, -0.15) is 10.2 Å². The normalized spacial score (nSPS) is 15.3. The molecule has 0 aromatic heterocycles. The van der Waals surface area contributed by atoms with Gasteiger partial charge in [-0.25, -0.2) is 10.9 Å². The first-order chi connectivity index (χ1) is 9.40. The molecule has 0 heterocycles. The third-order valence-corrected chi connectivity index (χ3v) is 3.10. The van der Waals surface area contributed by atoms with Crippen LogP contribution in [0.2, 0.25) is 0 Å². The Morgan fingerprint density at radius 1 is 0.800 bits per heavy atom. The summed E-state index contributed by atoms with van der Waals surface area (Å²) < 4.78 is 0. The number of carbonyl (C=O) groups is 2. The first kappa shape index (κ1) is 16.3. The molecule has 6 heteroatoms. The average molecular weight is 280 g/mol. The van der Waals surface area contributed by atoms with Gasteiger partial charge >= 0.3 is 0 Å². The Bertz CT molecular complexity index is 373. The molecule has 0 atom stereocenters. The van der Waals surface area contributed by atoms with E-state index in [-0.39, 0.29) is 23.7 Å². The third-order valence-electron chi connectivity index (χ3n) is 3.10. The smallest absolute Gasteiger partial charge is 0.242 e. The molecule has 1 saturated carbocycles. The van der Waals surface area contributed by atoms with E-state index in [0.717, 1.165) is 37.1 Å². The molecular weight excluding hydrogens is 256 g/mol. The zero-order valence-electron chi connectivity index (χ0n) is 12.7. The zero-order valence-corrected chi connectivity index (χ0v) is 12.7. The zero-order chi connectivity index (χ0) is 15.1. The van der Waals surface area contributed by atoms with E-state index in [1.807, 2.05) is 27.7 Å². The second kappa shape index (κ2) is 7.77. The summed E-state index contributed by atoms with van der Waals surface area (Å²) in [4.78, 5) is 22.8. The van der Waals surface area contributed by atoms with Crippen LogP contribution >= 0.6 is 0 Å². The van der Waals surface area contributed by atoms with E-state index in [1.165, 1.54) is 0 Å². The number of hydrogen-bond donors (Lipinski definition) is 2. The van der Waals surface area contributed by atoms with Crippen molar-refractivity contribution in [1.29, 1.82) is 0 Å². The molecule has 0 bridgehead atoms. The van der Waals surface area contributed by atoms with E-state index in [4.69, 9.17) is 0 Å². The predicted molar refractivity (Wildman–Crippen MR) is 79.3 cm³/mol. The standard InChI is InChI=1S/C14H24N4O2/c1-9(2)13(19)17-15-11-5-7-12(8-6-11)16-18-14(20)10(3)4/h9-10H,5-8H2,1-4H3,(H,17,19)(H,18,20). The van der Waals surface area contributed by atoms with Crippen LogP contribution in [0.3, 0.4) is 0 Å². The van der Waals surface area contributed by atoms with Crippen LogP contribution in [0.15, 0.2) is 10.2 Å². The molecule has 0 aromatic rings. The Morgan fingerprint density at radius 3 is 1.35 bits per heavy atom. The van der Waals surface area contributed by atoms with Gasteiger partial charge in [0.05, 0.1) is 0 Å². The van der Waals surface area contributed by atoms with Crippen molar-refractivity contribution in [3.63, 3.8) is 0 Å². The molecule has 1 rings (SSSR count). The first-order valence-corrected chi connectivity index (χ1v) is 7.10. The second-order valence-corrected chi connectivity index (χ2v) is 5.62. The lowest BCUT2D eigenvalue weighted by Gasteiger charge is -2.15. The molecule has 0 unspecified atom stereocenters. The number of hydrogen-bond acceptors (Lipinski definition) is 4. The van der Waals surface area contributed by atoms with Gasteiger partial charge in [0, 0.05) is 23.3 Å². The van der Waals surface area contributed by atoms with Crippen molar-refractivity contribution in [3.05, 3.63) is 0 Å². The van der Waals surface area contributed by atoms with Gasteiger partial charge < -0.3 is 0 Å². The van der Waals surface area contributed by atoms with E-state index >= 15 is 0 Å². The number of carbonyl (C=O) groups excluding carboxylic acids is 2. The lowest BCUT2D eigenvalue weighted by molar-refractivity contribution is -0.124. The summed E-state index contributed by atoms with van der Waals surface area (Å²) in [5.41, 5.74) is 7.10. The van der Waals surface area contributed by atoms with Crippen molar-refractivity contribution in [2.45, 2.75) is 53.4 Å². The highest BCUT2D eigenvalue weighted by atomic mass is 16.2. The Kier molecular flexibility index (Phi) is 6.35. The first-order valence-electron chi connectivity index (χ1n) is 7.10. The van der Waals surface area contributed by atoms with Crippen molar-refractivity contribution in [3.8, 4) is 0 Å². The molecule has 0 aliphatic heterocycles. The molecule has 2 N–H and O–H groups in total. The Labute approximate surface area is 120 Å². The van der Waals surface area contributed by atoms with Gasteiger partial charge in [-0.1, -0.05) is 27.7 Å². The van der Waals surface area contributed by atoms with Crippen LogP contribution in [0, 0.1) is 11.8 Å². The van der Waals surface area contributed by atoms with Gasteiger partial charge in [-0.05, 0) is 25.7 Å². The van der Waals surface area contributed by atoms with Crippen LogP contribution in [0.4, 0.5) is 0 Å². The Morgan fingerprint density at radius 2 is 1.10 bits per heavy atom. The predicted octanol–water partition coefficient (Wildman–Crippen LogP) is 1.82. The number of amides is 2. The fourth-order valence-electron chi connectivity index (χ4n) is 1.58. The summed E-state index contributed by atoms with van der Waals surface area (Å²) in [7, 11) is 0. The largest absolute Gasteiger partial charge is 0.273 e. The van der Waals surface area contributed by atoms with Crippen molar-refractivity contribution in [1.82, 2.24) is 10.9 Å². The van der Waals surface area contributed by atoms with Crippen LogP contribution in [-0.2, 0) is 9.59 Å². The molecule has 0 saturated heterocycles. The van der Waals surface area contributed by atoms with Gasteiger partial charge in [-0.15, -0.1) is 0 Å². The van der Waals surface area contributed by atoms with E-state index in [9.17, 15) is 9.59 Å². The van der Waals surface area contributed by atoms with Gasteiger partial charge in [0.25, 0.3) is 0 Å². The van der Waals surface area contributed by atoms with E-state index in [1.54, 1.807) is 0 Å². The minimum Gasteiger partial charge on any atom is -0.273 e. The minimum absolute atomic E-state index is 0.0636. The summed E-state index contributed by atoms with van der Waals surface area (Å²) in [5.74, 6) is -0.264. The molecule has 1 fully saturated rings. The molecule has 0 aromatic carbocycles. The molecule has 0 radical (unpaired) electrons. The number of nitrogens with one attached hydrogen (secondary N) is 2. The summed E-state index contributed by atoms with van der Waals surface area (Å²) in [6.45, 7) is 7.33. The summed E-state index contributed by atoms with van der Waals surface area (Å²) in [5, 5.41) is 8.27. The van der Waals surface area contributed by atoms with Gasteiger partial charge in [-0.3, -0.25) is 9.59 Å². The molecule has 1 aliphatic rings. The number of hydrazone groups is 2. The monoisotopic (exact) mass is 280 g/mol. The number of nitrogens with zero attached hydrogens (tertiary/aromatic N) is 2. The van der Waals surface area contributed by atoms with Gasteiger partial charge in [0.2, 0.25) is 11.8 Å². The van der Waals surface area contributed by atoms with Crippen molar-refractivity contribution in [2.24, 2.45) is 22.0 Å². The Balaban J connectivity index is 2.40. The van der Waals surface area contributed by atoms with Crippen molar-refractivity contribution >= 4 is 23.2 Å². The fraction of sp³-hybridized carbons (Fsp3) is 0.714. The minimum atomic E-state index is -0.0684. The van der Waals surface area contributed by atoms with E-state index in [0.29, 0.717) is 0 Å². The summed E-state index contributed by atoms with van der Waals surface area (Å²) >= 11 is 0. The van der Waals surface area contributed by atoms with Crippen molar-refractivity contribution in [2.75, 3.05) is 0 Å². The summed E-state index contributed by atoms with van der Waals surface area (Å²) in [6, 6.07) is 0. The molecule has 2 amide bonds. The van der Waals surface area contributed by atoms with Gasteiger partial charge in [0.15, 0.2) is 0 Å². The quantitative estimate of drug-likeness (QED) is 0.770. The van der Waals surface area contributed by atoms with Crippen LogP contribution in [-0.4, -0.2) is 23.2 Å². The second-order valence-electron chi connectivity index (χ2n) is 5.62. The Hall–Kier alpha value is -1.72. The van der Waals surface area contributed by atoms with Crippen LogP contribution in [0.1, 0.15) is 53.4 Å². The molecule has 6 nitrogen and oxygen atoms in total. The maximum Gasteiger partial charge on any atom is 0.242 e. The lowest BCUT2D eigenvalue weighted by atomic mass is 9.97. The van der Waals surface area contributed by atoms with E-state index in [2.05, 4.69) is 21.1 Å². The summed E-state index contributed by atoms with van der Waals surface area (Å²) in [6.07, 6.45) is 3.09. The third kappa shape index (κ3) is 5.50. The highest BCUT2D eigenvalue weighted by molar-refractivity contribution is 5.98. The fourth-order valence-corrected chi connectivity index (χ4v) is 1.58. The topological polar surface area (TPSA) is 82.9 Å². The van der Waals surface area contributed by atoms with Crippen molar-refractivity contribution < 1.29 is 9.59 Å². The molecule has 112 valence electrons. The SMILES string of the molecule is CC(C)C(=O)NN=C1CCC(=NNC(=O)C(C)C)CC1. The van der Waals surface area contributed by atoms with Gasteiger partial charge in [0.1, 0.15) is 0 Å². The molecule has 1 aliphatic carbocycles. The van der Waals surface area contributed by atoms with Crippen LogP contribution in [0.5, 0.6) is 0 Å². The van der Waals surface area contributed by atoms with Crippen LogP contribution < -0.4 is 10.9 Å². The maximum absolute atomic E-state index is 11.4. The lowest BCUT2D eigenvalue weighted by Crippen LogP contribution is -2.27. The average Bonchev–Trinajstić information content (AvgIpc) is 2.42. The van der Waals surface area contributed by atoms with Crippen LogP contribution in [0.25, 0.3) is 0 Å². The maximum atomic E-state index is 11.4. The van der Waals surface area contributed by atoms with E-state index < -0.39 is 0 Å². The highest BCUT2D eigenvalue weighted by Crippen LogP contribution is 2.13. The molecule has 0 spiro atoms. The number of rotatable bonds is 4. The molecule has 20 heavy (non-hydrogen) atoms. The molecular formula is C14H24N4O2. The highest BCUT2D eigenvalue weighted by Gasteiger charge is 2.14.